The van der Waals surface area contributed by atoms with Gasteiger partial charge in [-0.15, -0.1) is 0 Å². The molecule has 3 nitrogen and oxygen atoms in total. The van der Waals surface area contributed by atoms with E-state index >= 15 is 0 Å². The lowest BCUT2D eigenvalue weighted by molar-refractivity contribution is 0.476. The first-order valence-electron chi connectivity index (χ1n) is 5.57. The summed E-state index contributed by atoms with van der Waals surface area (Å²) in [5, 5.41) is 3.03. The highest BCUT2D eigenvalue weighted by atomic mass is 16.5. The van der Waals surface area contributed by atoms with E-state index < -0.39 is 0 Å². The third-order valence-electron chi connectivity index (χ3n) is 2.56. The molecule has 17 heavy (non-hydrogen) atoms. The zero-order valence-electron chi connectivity index (χ0n) is 10.3. The van der Waals surface area contributed by atoms with Gasteiger partial charge in [0.25, 0.3) is 0 Å². The van der Waals surface area contributed by atoms with Crippen molar-refractivity contribution < 1.29 is 4.74 Å². The maximum atomic E-state index is 5.80. The first-order chi connectivity index (χ1) is 8.19. The second kappa shape index (κ2) is 4.87. The van der Waals surface area contributed by atoms with Crippen molar-refractivity contribution in [2.24, 2.45) is 0 Å². The predicted octanol–water partition coefficient (Wildman–Crippen LogP) is 3.53. The lowest BCUT2D eigenvalue weighted by Gasteiger charge is -2.09. The van der Waals surface area contributed by atoms with Crippen LogP contribution in [0.15, 0.2) is 36.7 Å². The minimum Gasteiger partial charge on any atom is -0.455 e. The van der Waals surface area contributed by atoms with Gasteiger partial charge in [-0.25, -0.2) is 0 Å². The minimum atomic E-state index is 0.740. The molecule has 0 aliphatic heterocycles. The van der Waals surface area contributed by atoms with Gasteiger partial charge in [0.05, 0.1) is 18.1 Å². The number of benzene rings is 1. The molecule has 0 radical (unpaired) electrons. The summed E-state index contributed by atoms with van der Waals surface area (Å²) in [4.78, 5) is 4.11. The number of hydrogen-bond acceptors (Lipinski definition) is 3. The van der Waals surface area contributed by atoms with Gasteiger partial charge >= 0.3 is 0 Å². The van der Waals surface area contributed by atoms with Crippen LogP contribution in [0.4, 0.5) is 5.69 Å². The summed E-state index contributed by atoms with van der Waals surface area (Å²) >= 11 is 0. The van der Waals surface area contributed by atoms with Crippen molar-refractivity contribution >= 4 is 5.69 Å². The van der Waals surface area contributed by atoms with Crippen LogP contribution in [-0.4, -0.2) is 12.0 Å². The Balaban J connectivity index is 2.25. The Morgan fingerprint density at radius 1 is 1.12 bits per heavy atom. The number of ether oxygens (including phenoxy) is 1. The number of aryl methyl sites for hydroxylation is 2. The molecule has 0 aliphatic rings. The summed E-state index contributed by atoms with van der Waals surface area (Å²) < 4.78 is 5.80. The fourth-order valence-corrected chi connectivity index (χ4v) is 1.65. The maximum Gasteiger partial charge on any atom is 0.147 e. The molecule has 0 atom stereocenters. The number of nitrogens with zero attached hydrogens (tertiary/aromatic N) is 1. The smallest absolute Gasteiger partial charge is 0.147 e. The molecule has 0 unspecified atom stereocenters. The fourth-order valence-electron chi connectivity index (χ4n) is 1.65. The molecule has 0 spiro atoms. The SMILES string of the molecule is CNc1cncc(Oc2ccc(C)cc2C)c1. The van der Waals surface area contributed by atoms with Crippen LogP contribution >= 0.6 is 0 Å². The number of aromatic nitrogens is 1. The van der Waals surface area contributed by atoms with Crippen molar-refractivity contribution in [2.45, 2.75) is 13.8 Å². The first-order valence-corrected chi connectivity index (χ1v) is 5.57. The van der Waals surface area contributed by atoms with Gasteiger partial charge < -0.3 is 10.1 Å². The molecule has 1 N–H and O–H groups in total. The van der Waals surface area contributed by atoms with Crippen molar-refractivity contribution in [1.29, 1.82) is 0 Å². The summed E-state index contributed by atoms with van der Waals surface area (Å²) in [6, 6.07) is 8.05. The Bertz CT molecular complexity index is 523. The zero-order chi connectivity index (χ0) is 12.3. The highest BCUT2D eigenvalue weighted by Crippen LogP contribution is 2.26. The number of pyridine rings is 1. The lowest BCUT2D eigenvalue weighted by Crippen LogP contribution is -1.92. The molecular weight excluding hydrogens is 212 g/mol. The molecule has 2 aromatic rings. The summed E-state index contributed by atoms with van der Waals surface area (Å²) in [6.45, 7) is 4.11. The van der Waals surface area contributed by atoms with Crippen LogP contribution in [0.25, 0.3) is 0 Å². The highest BCUT2D eigenvalue weighted by Gasteiger charge is 2.02. The van der Waals surface area contributed by atoms with Gasteiger partial charge in [-0.05, 0) is 25.5 Å². The van der Waals surface area contributed by atoms with E-state index in [0.29, 0.717) is 0 Å². The van der Waals surface area contributed by atoms with E-state index in [9.17, 15) is 0 Å². The van der Waals surface area contributed by atoms with Gasteiger partial charge in [0.1, 0.15) is 11.5 Å². The fraction of sp³-hybridized carbons (Fsp3) is 0.214. The number of rotatable bonds is 3. The molecule has 0 fully saturated rings. The molecule has 0 amide bonds. The van der Waals surface area contributed by atoms with Crippen LogP contribution in [-0.2, 0) is 0 Å². The predicted molar refractivity (Wildman–Crippen MR) is 69.8 cm³/mol. The molecule has 0 aliphatic carbocycles. The molecule has 1 aromatic carbocycles. The second-order valence-corrected chi connectivity index (χ2v) is 4.03. The maximum absolute atomic E-state index is 5.80. The van der Waals surface area contributed by atoms with E-state index in [0.717, 1.165) is 22.7 Å². The Morgan fingerprint density at radius 3 is 2.65 bits per heavy atom. The quantitative estimate of drug-likeness (QED) is 0.872. The van der Waals surface area contributed by atoms with E-state index in [2.05, 4.69) is 23.3 Å². The van der Waals surface area contributed by atoms with E-state index in [1.54, 1.807) is 12.4 Å². The summed E-state index contributed by atoms with van der Waals surface area (Å²) in [7, 11) is 1.86. The number of anilines is 1. The third kappa shape index (κ3) is 2.75. The van der Waals surface area contributed by atoms with Crippen LogP contribution in [0, 0.1) is 13.8 Å². The third-order valence-corrected chi connectivity index (χ3v) is 2.56. The van der Waals surface area contributed by atoms with Crippen molar-refractivity contribution in [2.75, 3.05) is 12.4 Å². The van der Waals surface area contributed by atoms with Crippen LogP contribution in [0.3, 0.4) is 0 Å². The highest BCUT2D eigenvalue weighted by molar-refractivity contribution is 5.46. The number of hydrogen-bond donors (Lipinski definition) is 1. The van der Waals surface area contributed by atoms with Crippen LogP contribution in [0.1, 0.15) is 11.1 Å². The molecule has 88 valence electrons. The molecule has 0 saturated heterocycles. The van der Waals surface area contributed by atoms with Crippen LogP contribution in [0.5, 0.6) is 11.5 Å². The van der Waals surface area contributed by atoms with E-state index in [4.69, 9.17) is 4.74 Å². The van der Waals surface area contributed by atoms with Crippen molar-refractivity contribution in [3.63, 3.8) is 0 Å². The molecule has 3 heteroatoms. The molecular formula is C14H16N2O. The summed E-state index contributed by atoms with van der Waals surface area (Å²) in [5.41, 5.74) is 3.30. The average molecular weight is 228 g/mol. The van der Waals surface area contributed by atoms with Crippen molar-refractivity contribution in [1.82, 2.24) is 4.98 Å². The molecule has 2 rings (SSSR count). The monoisotopic (exact) mass is 228 g/mol. The van der Waals surface area contributed by atoms with Gasteiger partial charge in [-0.2, -0.15) is 0 Å². The van der Waals surface area contributed by atoms with Gasteiger partial charge in [0.2, 0.25) is 0 Å². The average Bonchev–Trinajstić information content (AvgIpc) is 2.33. The van der Waals surface area contributed by atoms with Gasteiger partial charge in [0.15, 0.2) is 0 Å². The molecule has 1 heterocycles. The molecule has 1 aromatic heterocycles. The van der Waals surface area contributed by atoms with Gasteiger partial charge in [0, 0.05) is 13.1 Å². The minimum absolute atomic E-state index is 0.740. The Labute approximate surface area is 101 Å². The Hall–Kier alpha value is -2.03. The van der Waals surface area contributed by atoms with Crippen LogP contribution < -0.4 is 10.1 Å². The molecule has 0 saturated carbocycles. The van der Waals surface area contributed by atoms with Crippen LogP contribution in [0.2, 0.25) is 0 Å². The van der Waals surface area contributed by atoms with E-state index in [1.807, 2.05) is 32.2 Å². The van der Waals surface area contributed by atoms with Crippen molar-refractivity contribution in [3.8, 4) is 11.5 Å². The number of nitrogens with one attached hydrogen (secondary N) is 1. The summed E-state index contributed by atoms with van der Waals surface area (Å²) in [5.74, 6) is 1.61. The zero-order valence-corrected chi connectivity index (χ0v) is 10.3. The van der Waals surface area contributed by atoms with Crippen molar-refractivity contribution in [3.05, 3.63) is 47.8 Å². The van der Waals surface area contributed by atoms with Gasteiger partial charge in [-0.1, -0.05) is 17.7 Å². The van der Waals surface area contributed by atoms with E-state index in [-0.39, 0.29) is 0 Å². The van der Waals surface area contributed by atoms with Gasteiger partial charge in [-0.3, -0.25) is 4.98 Å². The molecule has 0 bridgehead atoms. The first kappa shape index (κ1) is 11.5. The standard InChI is InChI=1S/C14H16N2O/c1-10-4-5-14(11(2)6-10)17-13-7-12(15-3)8-16-9-13/h4-9,15H,1-3H3. The van der Waals surface area contributed by atoms with E-state index in [1.165, 1.54) is 5.56 Å². The lowest BCUT2D eigenvalue weighted by atomic mass is 10.1. The Morgan fingerprint density at radius 2 is 1.94 bits per heavy atom. The summed E-state index contributed by atoms with van der Waals surface area (Å²) in [6.07, 6.45) is 3.47. The second-order valence-electron chi connectivity index (χ2n) is 4.03. The Kier molecular flexibility index (Phi) is 3.28. The largest absolute Gasteiger partial charge is 0.455 e. The topological polar surface area (TPSA) is 34.2 Å². The normalized spacial score (nSPS) is 10.1.